The number of hydrogen-bond donors (Lipinski definition) is 1. The van der Waals surface area contributed by atoms with E-state index in [-0.39, 0.29) is 0 Å². The minimum atomic E-state index is 0.491. The zero-order chi connectivity index (χ0) is 15.1. The fourth-order valence-corrected chi connectivity index (χ4v) is 3.44. The lowest BCUT2D eigenvalue weighted by molar-refractivity contribution is 0.190. The van der Waals surface area contributed by atoms with Gasteiger partial charge in [-0.2, -0.15) is 0 Å². The average molecular weight is 290 g/mol. The molecular weight excluding hydrogens is 260 g/mol. The lowest BCUT2D eigenvalue weighted by Crippen LogP contribution is -2.34. The first-order chi connectivity index (χ1) is 10.3. The zero-order valence-electron chi connectivity index (χ0n) is 13.8. The molecule has 1 N–H and O–H groups in total. The van der Waals surface area contributed by atoms with Gasteiger partial charge in [-0.3, -0.25) is 4.90 Å². The van der Waals surface area contributed by atoms with E-state index in [1.165, 1.54) is 31.4 Å². The first-order valence-corrected chi connectivity index (χ1v) is 8.33. The van der Waals surface area contributed by atoms with Gasteiger partial charge < -0.3 is 10.1 Å². The predicted octanol–water partition coefficient (Wildman–Crippen LogP) is 3.47. The third-order valence-corrected chi connectivity index (χ3v) is 4.40. The molecule has 0 spiro atoms. The summed E-state index contributed by atoms with van der Waals surface area (Å²) >= 11 is 0. The summed E-state index contributed by atoms with van der Waals surface area (Å²) in [6.07, 6.45) is 4.99. The van der Waals surface area contributed by atoms with Crippen molar-refractivity contribution < 1.29 is 4.74 Å². The van der Waals surface area contributed by atoms with Crippen molar-refractivity contribution in [1.29, 1.82) is 0 Å². The second-order valence-electron chi connectivity index (χ2n) is 6.16. The Hall–Kier alpha value is -1.06. The molecule has 1 heterocycles. The fourth-order valence-electron chi connectivity index (χ4n) is 3.44. The molecule has 3 heteroatoms. The fraction of sp³-hybridized carbons (Fsp3) is 0.667. The molecule has 1 aliphatic heterocycles. The molecule has 1 saturated heterocycles. The van der Waals surface area contributed by atoms with Crippen LogP contribution in [-0.4, -0.2) is 38.7 Å². The van der Waals surface area contributed by atoms with Gasteiger partial charge in [0, 0.05) is 6.04 Å². The van der Waals surface area contributed by atoms with Crippen molar-refractivity contribution in [3.05, 3.63) is 29.8 Å². The first-order valence-electron chi connectivity index (χ1n) is 8.33. The lowest BCUT2D eigenvalue weighted by atomic mass is 9.89. The topological polar surface area (TPSA) is 24.5 Å². The monoisotopic (exact) mass is 290 g/mol. The third-order valence-electron chi connectivity index (χ3n) is 4.40. The number of likely N-dealkylation sites (tertiary alicyclic amines) is 1. The van der Waals surface area contributed by atoms with Gasteiger partial charge in [-0.15, -0.1) is 0 Å². The third kappa shape index (κ3) is 4.45. The normalized spacial score (nSPS) is 23.8. The summed E-state index contributed by atoms with van der Waals surface area (Å²) < 4.78 is 5.81. The van der Waals surface area contributed by atoms with E-state index in [4.69, 9.17) is 4.74 Å². The summed E-state index contributed by atoms with van der Waals surface area (Å²) in [4.78, 5) is 2.52. The van der Waals surface area contributed by atoms with Gasteiger partial charge in [-0.25, -0.2) is 0 Å². The molecule has 21 heavy (non-hydrogen) atoms. The summed E-state index contributed by atoms with van der Waals surface area (Å²) in [5.74, 6) is 1.68. The largest absolute Gasteiger partial charge is 0.494 e. The van der Waals surface area contributed by atoms with Crippen LogP contribution >= 0.6 is 0 Å². The molecule has 0 bridgehead atoms. The highest BCUT2D eigenvalue weighted by atomic mass is 16.5. The Labute approximate surface area is 129 Å². The summed E-state index contributed by atoms with van der Waals surface area (Å²) in [7, 11) is 4.32. The Kier molecular flexibility index (Phi) is 6.52. The Balaban J connectivity index is 2.21. The molecule has 0 saturated carbocycles. The molecule has 1 aromatic rings. The Morgan fingerprint density at radius 1 is 1.33 bits per heavy atom. The van der Waals surface area contributed by atoms with E-state index < -0.39 is 0 Å². The number of rotatable bonds is 6. The first kappa shape index (κ1) is 16.3. The molecule has 2 rings (SSSR count). The molecule has 1 aromatic carbocycles. The van der Waals surface area contributed by atoms with Gasteiger partial charge in [0.05, 0.1) is 6.61 Å². The van der Waals surface area contributed by atoms with Gasteiger partial charge >= 0.3 is 0 Å². The molecule has 1 aliphatic rings. The smallest absolute Gasteiger partial charge is 0.119 e. The zero-order valence-corrected chi connectivity index (χ0v) is 13.8. The maximum atomic E-state index is 5.81. The van der Waals surface area contributed by atoms with Gasteiger partial charge in [0.1, 0.15) is 5.75 Å². The van der Waals surface area contributed by atoms with E-state index in [2.05, 4.69) is 55.5 Å². The second-order valence-corrected chi connectivity index (χ2v) is 6.16. The van der Waals surface area contributed by atoms with Crippen LogP contribution < -0.4 is 10.1 Å². The van der Waals surface area contributed by atoms with Crippen molar-refractivity contribution >= 4 is 0 Å². The van der Waals surface area contributed by atoms with Crippen LogP contribution in [0.2, 0.25) is 0 Å². The summed E-state index contributed by atoms with van der Waals surface area (Å²) in [6, 6.07) is 9.20. The van der Waals surface area contributed by atoms with Crippen molar-refractivity contribution in [3.63, 3.8) is 0 Å². The second kappa shape index (κ2) is 8.40. The van der Waals surface area contributed by atoms with Crippen molar-refractivity contribution in [2.45, 2.75) is 38.6 Å². The number of hydrogen-bond acceptors (Lipinski definition) is 3. The number of benzene rings is 1. The summed E-state index contributed by atoms with van der Waals surface area (Å²) in [5.41, 5.74) is 1.40. The molecule has 0 amide bonds. The number of ether oxygens (including phenoxy) is 1. The van der Waals surface area contributed by atoms with Crippen molar-refractivity contribution in [3.8, 4) is 5.75 Å². The van der Waals surface area contributed by atoms with E-state index in [0.717, 1.165) is 25.3 Å². The van der Waals surface area contributed by atoms with Crippen molar-refractivity contribution in [2.75, 3.05) is 33.8 Å². The van der Waals surface area contributed by atoms with E-state index in [9.17, 15) is 0 Å². The molecule has 2 unspecified atom stereocenters. The van der Waals surface area contributed by atoms with Crippen LogP contribution in [0.5, 0.6) is 5.75 Å². The van der Waals surface area contributed by atoms with Crippen LogP contribution in [0, 0.1) is 5.92 Å². The summed E-state index contributed by atoms with van der Waals surface area (Å²) in [6.45, 7) is 5.20. The number of nitrogens with one attached hydrogen (secondary N) is 1. The van der Waals surface area contributed by atoms with E-state index in [0.29, 0.717) is 12.0 Å². The van der Waals surface area contributed by atoms with Crippen LogP contribution in [-0.2, 0) is 0 Å². The molecular formula is C18H30N2O. The predicted molar refractivity (Wildman–Crippen MR) is 88.9 cm³/mol. The summed E-state index contributed by atoms with van der Waals surface area (Å²) in [5, 5.41) is 3.38. The minimum Gasteiger partial charge on any atom is -0.494 e. The Bertz CT molecular complexity index is 421. The number of nitrogens with zero attached hydrogens (tertiary/aromatic N) is 1. The van der Waals surface area contributed by atoms with Gasteiger partial charge in [0.25, 0.3) is 0 Å². The van der Waals surface area contributed by atoms with Crippen LogP contribution in [0.3, 0.4) is 0 Å². The minimum absolute atomic E-state index is 0.491. The van der Waals surface area contributed by atoms with Crippen LogP contribution in [0.25, 0.3) is 0 Å². The van der Waals surface area contributed by atoms with E-state index >= 15 is 0 Å². The molecule has 0 aromatic heterocycles. The lowest BCUT2D eigenvalue weighted by Gasteiger charge is -2.33. The highest BCUT2D eigenvalue weighted by molar-refractivity contribution is 5.31. The SMILES string of the molecule is CCCOc1cccc(C2C(CNC)CCCCN2C)c1. The standard InChI is InChI=1S/C18H30N2O/c1-4-12-21-17-10-7-9-15(13-17)18-16(14-19-2)8-5-6-11-20(18)3/h7,9-10,13,16,18-19H,4-6,8,11-12,14H2,1-3H3. The molecule has 2 atom stereocenters. The molecule has 0 aliphatic carbocycles. The van der Waals surface area contributed by atoms with Crippen LogP contribution in [0.4, 0.5) is 0 Å². The highest BCUT2D eigenvalue weighted by Gasteiger charge is 2.28. The Morgan fingerprint density at radius 2 is 2.19 bits per heavy atom. The van der Waals surface area contributed by atoms with Gasteiger partial charge in [0.15, 0.2) is 0 Å². The molecule has 0 radical (unpaired) electrons. The van der Waals surface area contributed by atoms with Crippen LogP contribution in [0.15, 0.2) is 24.3 Å². The van der Waals surface area contributed by atoms with Crippen molar-refractivity contribution in [2.24, 2.45) is 5.92 Å². The molecule has 3 nitrogen and oxygen atoms in total. The van der Waals surface area contributed by atoms with Gasteiger partial charge in [0.2, 0.25) is 0 Å². The molecule has 118 valence electrons. The van der Waals surface area contributed by atoms with Crippen LogP contribution in [0.1, 0.15) is 44.2 Å². The van der Waals surface area contributed by atoms with Crippen molar-refractivity contribution in [1.82, 2.24) is 10.2 Å². The quantitative estimate of drug-likeness (QED) is 0.868. The van der Waals surface area contributed by atoms with E-state index in [1.54, 1.807) is 0 Å². The maximum absolute atomic E-state index is 5.81. The van der Waals surface area contributed by atoms with E-state index in [1.807, 2.05) is 0 Å². The Morgan fingerprint density at radius 3 is 2.95 bits per heavy atom. The van der Waals surface area contributed by atoms with Gasteiger partial charge in [-0.05, 0) is 70.1 Å². The highest BCUT2D eigenvalue weighted by Crippen LogP contribution is 2.35. The molecule has 1 fully saturated rings. The average Bonchev–Trinajstić information content (AvgIpc) is 2.67. The maximum Gasteiger partial charge on any atom is 0.119 e. The van der Waals surface area contributed by atoms with Gasteiger partial charge in [-0.1, -0.05) is 25.5 Å².